The minimum absolute atomic E-state index is 0.130. The third kappa shape index (κ3) is 6.09. The average molecular weight is 526 g/mol. The van der Waals surface area contributed by atoms with Crippen LogP contribution in [-0.2, 0) is 16.0 Å². The van der Waals surface area contributed by atoms with Crippen LogP contribution in [0.3, 0.4) is 0 Å². The average Bonchev–Trinajstić information content (AvgIpc) is 2.94. The zero-order chi connectivity index (χ0) is 26.4. The Morgan fingerprint density at radius 1 is 0.892 bits per heavy atom. The largest absolute Gasteiger partial charge is 0.493 e. The van der Waals surface area contributed by atoms with E-state index in [2.05, 4.69) is 0 Å². The maximum absolute atomic E-state index is 13.3. The highest BCUT2D eigenvalue weighted by Gasteiger charge is 2.33. The number of ether oxygens (including phenoxy) is 5. The van der Waals surface area contributed by atoms with Crippen molar-refractivity contribution in [2.24, 2.45) is 0 Å². The molecule has 37 heavy (non-hydrogen) atoms. The van der Waals surface area contributed by atoms with Gasteiger partial charge in [-0.25, -0.2) is 4.79 Å². The predicted molar refractivity (Wildman–Crippen MR) is 138 cm³/mol. The van der Waals surface area contributed by atoms with Gasteiger partial charge in [0.2, 0.25) is 0 Å². The van der Waals surface area contributed by atoms with Gasteiger partial charge in [-0.2, -0.15) is 0 Å². The lowest BCUT2D eigenvalue weighted by Gasteiger charge is -2.37. The summed E-state index contributed by atoms with van der Waals surface area (Å²) in [6, 6.07) is 16.9. The van der Waals surface area contributed by atoms with E-state index in [-0.39, 0.29) is 19.1 Å². The van der Waals surface area contributed by atoms with Crippen molar-refractivity contribution in [2.75, 3.05) is 41.1 Å². The van der Waals surface area contributed by atoms with Gasteiger partial charge in [0.1, 0.15) is 18.1 Å². The molecule has 0 aliphatic carbocycles. The molecule has 0 saturated heterocycles. The van der Waals surface area contributed by atoms with Gasteiger partial charge in [0.05, 0.1) is 32.9 Å². The normalized spacial score (nSPS) is 14.4. The van der Waals surface area contributed by atoms with Crippen molar-refractivity contribution in [3.05, 3.63) is 82.4 Å². The smallest absolute Gasteiger partial charge is 0.337 e. The lowest BCUT2D eigenvalue weighted by Crippen LogP contribution is -2.44. The summed E-state index contributed by atoms with van der Waals surface area (Å²) in [5.41, 5.74) is 2.38. The number of nitrogens with zero attached hydrogens (tertiary/aromatic N) is 1. The standard InChI is InChI=1S/C28H28ClNO7/c1-33-25-14-19-12-13-30(27(31)17-37-22-10-6-20(29)7-11-22)24(23(19)15-26(25)34-2)16-36-21-8-4-18(5-9-21)28(32)35-3/h4-11,14-15,24H,12-13,16-17H2,1-3H3/t24-/m0/s1. The minimum atomic E-state index is -0.425. The van der Waals surface area contributed by atoms with Crippen molar-refractivity contribution in [2.45, 2.75) is 12.5 Å². The zero-order valence-corrected chi connectivity index (χ0v) is 21.6. The van der Waals surface area contributed by atoms with Crippen LogP contribution in [0.1, 0.15) is 27.5 Å². The number of carbonyl (C=O) groups excluding carboxylic acids is 2. The molecule has 1 aliphatic heterocycles. The predicted octanol–water partition coefficient (Wildman–Crippen LogP) is 4.73. The topological polar surface area (TPSA) is 83.5 Å². The molecule has 0 unspecified atom stereocenters. The first-order valence-electron chi connectivity index (χ1n) is 11.7. The van der Waals surface area contributed by atoms with Gasteiger partial charge in [0.25, 0.3) is 5.91 Å². The van der Waals surface area contributed by atoms with Gasteiger partial charge in [-0.05, 0) is 78.2 Å². The van der Waals surface area contributed by atoms with Crippen LogP contribution in [0.25, 0.3) is 0 Å². The monoisotopic (exact) mass is 525 g/mol. The Kier molecular flexibility index (Phi) is 8.40. The van der Waals surface area contributed by atoms with Gasteiger partial charge >= 0.3 is 5.97 Å². The molecule has 9 heteroatoms. The van der Waals surface area contributed by atoms with Crippen molar-refractivity contribution in [1.29, 1.82) is 0 Å². The van der Waals surface area contributed by atoms with E-state index in [1.165, 1.54) is 7.11 Å². The van der Waals surface area contributed by atoms with Crippen LogP contribution in [-0.4, -0.2) is 57.9 Å². The minimum Gasteiger partial charge on any atom is -0.493 e. The molecule has 3 aromatic rings. The molecule has 0 saturated carbocycles. The van der Waals surface area contributed by atoms with Crippen LogP contribution in [0, 0.1) is 0 Å². The molecule has 0 N–H and O–H groups in total. The fourth-order valence-corrected chi connectivity index (χ4v) is 4.37. The Hall–Kier alpha value is -3.91. The molecule has 0 aromatic heterocycles. The van der Waals surface area contributed by atoms with Crippen molar-refractivity contribution < 1.29 is 33.3 Å². The van der Waals surface area contributed by atoms with E-state index < -0.39 is 12.0 Å². The fraction of sp³-hybridized carbons (Fsp3) is 0.286. The van der Waals surface area contributed by atoms with Crippen LogP contribution < -0.4 is 18.9 Å². The molecule has 8 nitrogen and oxygen atoms in total. The molecule has 1 aliphatic rings. The maximum atomic E-state index is 13.3. The third-order valence-electron chi connectivity index (χ3n) is 6.18. The van der Waals surface area contributed by atoms with E-state index in [1.807, 2.05) is 12.1 Å². The quantitative estimate of drug-likeness (QED) is 0.373. The Labute approximate surface area is 220 Å². The summed E-state index contributed by atoms with van der Waals surface area (Å²) in [6.45, 7) is 0.544. The van der Waals surface area contributed by atoms with E-state index in [9.17, 15) is 9.59 Å². The van der Waals surface area contributed by atoms with E-state index in [0.29, 0.717) is 46.5 Å². The van der Waals surface area contributed by atoms with Gasteiger partial charge in [-0.15, -0.1) is 0 Å². The highest BCUT2D eigenvalue weighted by molar-refractivity contribution is 6.30. The molecule has 4 rings (SSSR count). The number of benzene rings is 3. The molecule has 0 spiro atoms. The summed E-state index contributed by atoms with van der Waals surface area (Å²) in [7, 11) is 4.50. The molecular formula is C28H28ClNO7. The van der Waals surface area contributed by atoms with Gasteiger partial charge in [-0.3, -0.25) is 4.79 Å². The molecule has 1 heterocycles. The number of amides is 1. The lowest BCUT2D eigenvalue weighted by molar-refractivity contribution is -0.137. The second-order valence-corrected chi connectivity index (χ2v) is 8.76. The Balaban J connectivity index is 1.56. The molecule has 0 fully saturated rings. The molecule has 0 radical (unpaired) electrons. The highest BCUT2D eigenvalue weighted by atomic mass is 35.5. The van der Waals surface area contributed by atoms with E-state index in [4.69, 9.17) is 35.3 Å². The number of hydrogen-bond donors (Lipinski definition) is 0. The summed E-state index contributed by atoms with van der Waals surface area (Å²) >= 11 is 5.94. The van der Waals surface area contributed by atoms with E-state index in [1.54, 1.807) is 67.7 Å². The second kappa shape index (κ2) is 11.9. The molecule has 0 bridgehead atoms. The van der Waals surface area contributed by atoms with Gasteiger partial charge in [-0.1, -0.05) is 11.6 Å². The summed E-state index contributed by atoms with van der Waals surface area (Å²) in [5.74, 6) is 1.71. The number of halogens is 1. The SMILES string of the molecule is COC(=O)c1ccc(OC[C@H]2c3cc(OC)c(OC)cc3CCN2C(=O)COc2ccc(Cl)cc2)cc1. The number of carbonyl (C=O) groups is 2. The number of esters is 1. The number of rotatable bonds is 9. The van der Waals surface area contributed by atoms with Crippen LogP contribution in [0.15, 0.2) is 60.7 Å². The van der Waals surface area contributed by atoms with Crippen LogP contribution in [0.4, 0.5) is 0 Å². The van der Waals surface area contributed by atoms with Crippen molar-refractivity contribution in [3.63, 3.8) is 0 Å². The molecular weight excluding hydrogens is 498 g/mol. The summed E-state index contributed by atoms with van der Waals surface area (Å²) in [6.07, 6.45) is 0.646. The summed E-state index contributed by atoms with van der Waals surface area (Å²) in [4.78, 5) is 26.8. The Morgan fingerprint density at radius 3 is 2.16 bits per heavy atom. The first-order valence-corrected chi connectivity index (χ1v) is 12.0. The highest BCUT2D eigenvalue weighted by Crippen LogP contribution is 2.38. The van der Waals surface area contributed by atoms with Crippen LogP contribution in [0.5, 0.6) is 23.0 Å². The fourth-order valence-electron chi connectivity index (χ4n) is 4.25. The van der Waals surface area contributed by atoms with Crippen LogP contribution >= 0.6 is 11.6 Å². The Bertz CT molecular complexity index is 1240. The van der Waals surface area contributed by atoms with Gasteiger partial charge in [0.15, 0.2) is 18.1 Å². The Morgan fingerprint density at radius 2 is 1.51 bits per heavy atom. The summed E-state index contributed by atoms with van der Waals surface area (Å²) in [5, 5.41) is 0.590. The molecule has 3 aromatic carbocycles. The molecule has 194 valence electrons. The van der Waals surface area contributed by atoms with Crippen molar-refractivity contribution in [1.82, 2.24) is 4.90 Å². The molecule has 1 atom stereocenters. The lowest BCUT2D eigenvalue weighted by atomic mass is 9.92. The van der Waals surface area contributed by atoms with Crippen molar-refractivity contribution >= 4 is 23.5 Å². The van der Waals surface area contributed by atoms with Gasteiger partial charge in [0, 0.05) is 11.6 Å². The first kappa shape index (κ1) is 26.2. The third-order valence-corrected chi connectivity index (χ3v) is 6.43. The zero-order valence-electron chi connectivity index (χ0n) is 20.9. The molecule has 1 amide bonds. The van der Waals surface area contributed by atoms with E-state index in [0.717, 1.165) is 11.1 Å². The van der Waals surface area contributed by atoms with E-state index >= 15 is 0 Å². The number of hydrogen-bond acceptors (Lipinski definition) is 7. The maximum Gasteiger partial charge on any atom is 0.337 e. The first-order chi connectivity index (χ1) is 17.9. The van der Waals surface area contributed by atoms with Crippen LogP contribution in [0.2, 0.25) is 5.02 Å². The summed E-state index contributed by atoms with van der Waals surface area (Å²) < 4.78 is 27.5. The number of methoxy groups -OCH3 is 3. The number of fused-ring (bicyclic) bond motifs is 1. The van der Waals surface area contributed by atoms with Gasteiger partial charge < -0.3 is 28.6 Å². The second-order valence-electron chi connectivity index (χ2n) is 8.33. The van der Waals surface area contributed by atoms with Crippen molar-refractivity contribution in [3.8, 4) is 23.0 Å².